The summed E-state index contributed by atoms with van der Waals surface area (Å²) in [6.07, 6.45) is 1.10. The average Bonchev–Trinajstić information content (AvgIpc) is 2.60. The van der Waals surface area contributed by atoms with Crippen LogP contribution in [0.5, 0.6) is 5.75 Å². The lowest BCUT2D eigenvalue weighted by Gasteiger charge is -2.24. The first-order chi connectivity index (χ1) is 13.1. The Balaban J connectivity index is 2.01. The fourth-order valence-electron chi connectivity index (χ4n) is 2.71. The van der Waals surface area contributed by atoms with Gasteiger partial charge in [0.05, 0.1) is 18.0 Å². The maximum atomic E-state index is 12.4. The van der Waals surface area contributed by atoms with Crippen molar-refractivity contribution >= 4 is 21.6 Å². The molecule has 1 amide bonds. The largest absolute Gasteiger partial charge is 0.491 e. The van der Waals surface area contributed by atoms with Crippen molar-refractivity contribution < 1.29 is 17.9 Å². The molecule has 2 aromatic rings. The van der Waals surface area contributed by atoms with Crippen LogP contribution in [0.1, 0.15) is 23.6 Å². The number of carbonyl (C=O) groups excluding carboxylic acids is 1. The number of nitrogens with zero attached hydrogens (tertiary/aromatic N) is 1. The number of hydrogen-bond donors (Lipinski definition) is 1. The Morgan fingerprint density at radius 2 is 1.75 bits per heavy atom. The smallest absolute Gasteiger partial charge is 0.241 e. The van der Waals surface area contributed by atoms with Crippen LogP contribution in [0.4, 0.5) is 5.69 Å². The van der Waals surface area contributed by atoms with E-state index in [0.717, 1.165) is 33.0 Å². The van der Waals surface area contributed by atoms with Crippen LogP contribution in [0.2, 0.25) is 0 Å². The van der Waals surface area contributed by atoms with Crippen LogP contribution < -0.4 is 14.4 Å². The van der Waals surface area contributed by atoms with Crippen molar-refractivity contribution in [2.24, 2.45) is 0 Å². The molecule has 0 aliphatic heterocycles. The molecule has 0 fully saturated rings. The number of para-hydroxylation sites is 1. The molecule has 7 heteroatoms. The molecule has 28 heavy (non-hydrogen) atoms. The van der Waals surface area contributed by atoms with Gasteiger partial charge < -0.3 is 10.1 Å². The molecular formula is C21H28N2O4S. The molecule has 0 radical (unpaired) electrons. The number of benzene rings is 2. The highest BCUT2D eigenvalue weighted by Crippen LogP contribution is 2.21. The summed E-state index contributed by atoms with van der Waals surface area (Å²) in [7, 11) is -3.60. The highest BCUT2D eigenvalue weighted by atomic mass is 32.2. The standard InChI is InChI=1S/C21H28N2O4S/c1-15-10-11-19(12-17(15)3)23(28(5,25)26)13-21(24)22-18(4)14-27-20-9-7-6-8-16(20)2/h6-12,18H,13-14H2,1-5H3,(H,22,24)/t18-/m0/s1. The number of ether oxygens (including phenoxy) is 1. The highest BCUT2D eigenvalue weighted by molar-refractivity contribution is 7.92. The Morgan fingerprint density at radius 3 is 2.36 bits per heavy atom. The monoisotopic (exact) mass is 404 g/mol. The third kappa shape index (κ3) is 5.99. The molecule has 2 aromatic carbocycles. The third-order valence-electron chi connectivity index (χ3n) is 4.46. The van der Waals surface area contributed by atoms with Crippen LogP contribution >= 0.6 is 0 Å². The predicted molar refractivity (Wildman–Crippen MR) is 112 cm³/mol. The van der Waals surface area contributed by atoms with Gasteiger partial charge in [0.25, 0.3) is 0 Å². The van der Waals surface area contributed by atoms with E-state index >= 15 is 0 Å². The van der Waals surface area contributed by atoms with Crippen molar-refractivity contribution in [2.75, 3.05) is 23.7 Å². The summed E-state index contributed by atoms with van der Waals surface area (Å²) in [6.45, 7) is 7.63. The molecule has 6 nitrogen and oxygen atoms in total. The van der Waals surface area contributed by atoms with E-state index in [1.165, 1.54) is 0 Å². The first-order valence-corrected chi connectivity index (χ1v) is 11.0. The topological polar surface area (TPSA) is 75.7 Å². The number of rotatable bonds is 8. The number of hydrogen-bond acceptors (Lipinski definition) is 4. The van der Waals surface area contributed by atoms with Crippen molar-refractivity contribution in [3.63, 3.8) is 0 Å². The number of sulfonamides is 1. The van der Waals surface area contributed by atoms with Crippen LogP contribution in [0.25, 0.3) is 0 Å². The van der Waals surface area contributed by atoms with E-state index in [1.54, 1.807) is 12.1 Å². The normalized spacial score (nSPS) is 12.3. The zero-order valence-electron chi connectivity index (χ0n) is 17.0. The Labute approximate surface area is 167 Å². The Hall–Kier alpha value is -2.54. The minimum atomic E-state index is -3.60. The number of amides is 1. The molecular weight excluding hydrogens is 376 g/mol. The van der Waals surface area contributed by atoms with E-state index in [-0.39, 0.29) is 18.5 Å². The predicted octanol–water partition coefficient (Wildman–Crippen LogP) is 2.96. The average molecular weight is 405 g/mol. The van der Waals surface area contributed by atoms with Crippen LogP contribution in [0.3, 0.4) is 0 Å². The first kappa shape index (κ1) is 21.8. The van der Waals surface area contributed by atoms with Gasteiger partial charge in [-0.3, -0.25) is 9.10 Å². The lowest BCUT2D eigenvalue weighted by molar-refractivity contribution is -0.120. The molecule has 0 aliphatic rings. The van der Waals surface area contributed by atoms with E-state index in [4.69, 9.17) is 4.74 Å². The summed E-state index contributed by atoms with van der Waals surface area (Å²) < 4.78 is 31.3. The molecule has 0 saturated heterocycles. The van der Waals surface area contributed by atoms with Crippen molar-refractivity contribution in [1.82, 2.24) is 5.32 Å². The molecule has 152 valence electrons. The first-order valence-electron chi connectivity index (χ1n) is 9.10. The maximum Gasteiger partial charge on any atom is 0.241 e. The van der Waals surface area contributed by atoms with E-state index in [0.29, 0.717) is 12.3 Å². The van der Waals surface area contributed by atoms with Gasteiger partial charge in [0.2, 0.25) is 15.9 Å². The molecule has 1 atom stereocenters. The fraction of sp³-hybridized carbons (Fsp3) is 0.381. The number of nitrogens with one attached hydrogen (secondary N) is 1. The fourth-order valence-corrected chi connectivity index (χ4v) is 3.55. The van der Waals surface area contributed by atoms with Gasteiger partial charge in [0.1, 0.15) is 18.9 Å². The number of carbonyl (C=O) groups is 1. The van der Waals surface area contributed by atoms with E-state index < -0.39 is 10.0 Å². The van der Waals surface area contributed by atoms with Gasteiger partial charge >= 0.3 is 0 Å². The van der Waals surface area contributed by atoms with Gasteiger partial charge in [0, 0.05) is 0 Å². The minimum absolute atomic E-state index is 0.270. The van der Waals surface area contributed by atoms with Crippen molar-refractivity contribution in [1.29, 1.82) is 0 Å². The molecule has 0 unspecified atom stereocenters. The molecule has 1 N–H and O–H groups in total. The van der Waals surface area contributed by atoms with E-state index in [9.17, 15) is 13.2 Å². The van der Waals surface area contributed by atoms with Crippen molar-refractivity contribution in [3.05, 3.63) is 59.2 Å². The summed E-state index contributed by atoms with van der Waals surface area (Å²) in [5.74, 6) is 0.376. The summed E-state index contributed by atoms with van der Waals surface area (Å²) in [5.41, 5.74) is 3.51. The molecule has 0 aliphatic carbocycles. The Morgan fingerprint density at radius 1 is 1.07 bits per heavy atom. The third-order valence-corrected chi connectivity index (χ3v) is 5.60. The molecule has 0 spiro atoms. The van der Waals surface area contributed by atoms with Gasteiger partial charge in [-0.1, -0.05) is 24.3 Å². The molecule has 2 rings (SSSR count). The van der Waals surface area contributed by atoms with Gasteiger partial charge in [-0.2, -0.15) is 0 Å². The second kappa shape index (κ2) is 9.10. The van der Waals surface area contributed by atoms with Gasteiger partial charge in [0.15, 0.2) is 0 Å². The molecule has 0 heterocycles. The minimum Gasteiger partial charge on any atom is -0.491 e. The number of anilines is 1. The summed E-state index contributed by atoms with van der Waals surface area (Å²) in [6, 6.07) is 12.7. The lowest BCUT2D eigenvalue weighted by atomic mass is 10.1. The number of aryl methyl sites for hydroxylation is 3. The van der Waals surface area contributed by atoms with Crippen LogP contribution in [0, 0.1) is 20.8 Å². The van der Waals surface area contributed by atoms with Crippen LogP contribution in [-0.4, -0.2) is 39.8 Å². The highest BCUT2D eigenvalue weighted by Gasteiger charge is 2.22. The second-order valence-corrected chi connectivity index (χ2v) is 8.99. The molecule has 0 saturated carbocycles. The van der Waals surface area contributed by atoms with E-state index in [1.807, 2.05) is 58.0 Å². The Kier molecular flexibility index (Phi) is 7.07. The molecule has 0 aromatic heterocycles. The Bertz CT molecular complexity index is 941. The van der Waals surface area contributed by atoms with Crippen molar-refractivity contribution in [3.8, 4) is 5.75 Å². The van der Waals surface area contributed by atoms with Gasteiger partial charge in [-0.15, -0.1) is 0 Å². The van der Waals surface area contributed by atoms with Gasteiger partial charge in [-0.25, -0.2) is 8.42 Å². The lowest BCUT2D eigenvalue weighted by Crippen LogP contribution is -2.45. The molecule has 0 bridgehead atoms. The van der Waals surface area contributed by atoms with Gasteiger partial charge in [-0.05, 0) is 62.6 Å². The SMILES string of the molecule is Cc1ccc(N(CC(=O)N[C@@H](C)COc2ccccc2C)S(C)(=O)=O)cc1C. The zero-order chi connectivity index (χ0) is 20.9. The van der Waals surface area contributed by atoms with Crippen molar-refractivity contribution in [2.45, 2.75) is 33.7 Å². The van der Waals surface area contributed by atoms with Crippen LogP contribution in [0.15, 0.2) is 42.5 Å². The summed E-state index contributed by atoms with van der Waals surface area (Å²) >= 11 is 0. The maximum absolute atomic E-state index is 12.4. The zero-order valence-corrected chi connectivity index (χ0v) is 17.8. The second-order valence-electron chi connectivity index (χ2n) is 7.08. The van der Waals surface area contributed by atoms with Crippen LogP contribution in [-0.2, 0) is 14.8 Å². The summed E-state index contributed by atoms with van der Waals surface area (Å²) in [5, 5.41) is 2.80. The quantitative estimate of drug-likeness (QED) is 0.734. The van der Waals surface area contributed by atoms with E-state index in [2.05, 4.69) is 5.32 Å². The summed E-state index contributed by atoms with van der Waals surface area (Å²) in [4.78, 5) is 12.4.